The molecule has 5 nitrogen and oxygen atoms in total. The lowest BCUT2D eigenvalue weighted by atomic mass is 10.1. The zero-order chi connectivity index (χ0) is 19.9. The normalized spacial score (nSPS) is 10.4. The number of aromatic nitrogens is 1. The van der Waals surface area contributed by atoms with Crippen LogP contribution in [0.2, 0.25) is 5.02 Å². The van der Waals surface area contributed by atoms with Crippen molar-refractivity contribution in [3.05, 3.63) is 82.8 Å². The molecule has 0 atom stereocenters. The lowest BCUT2D eigenvalue weighted by Crippen LogP contribution is -2.14. The SMILES string of the molecule is COc1ccc(Cl)cc1NC(=O)c1ccnc(NCCc2ccc(F)cc2)c1. The van der Waals surface area contributed by atoms with E-state index in [-0.39, 0.29) is 11.7 Å². The summed E-state index contributed by atoms with van der Waals surface area (Å²) >= 11 is 6.00. The Bertz CT molecular complexity index is 964. The molecular weight excluding hydrogens is 381 g/mol. The van der Waals surface area contributed by atoms with Gasteiger partial charge in [0.25, 0.3) is 5.91 Å². The highest BCUT2D eigenvalue weighted by Crippen LogP contribution is 2.28. The smallest absolute Gasteiger partial charge is 0.255 e. The summed E-state index contributed by atoms with van der Waals surface area (Å²) in [7, 11) is 1.52. The molecule has 0 radical (unpaired) electrons. The monoisotopic (exact) mass is 399 g/mol. The third-order valence-electron chi connectivity index (χ3n) is 4.06. The van der Waals surface area contributed by atoms with Crippen LogP contribution in [0.15, 0.2) is 60.8 Å². The Kier molecular flexibility index (Phi) is 6.45. The number of benzene rings is 2. The van der Waals surface area contributed by atoms with Crippen LogP contribution >= 0.6 is 11.6 Å². The molecule has 0 aliphatic rings. The number of nitrogens with one attached hydrogen (secondary N) is 2. The summed E-state index contributed by atoms with van der Waals surface area (Å²) in [5, 5.41) is 6.46. The van der Waals surface area contributed by atoms with Gasteiger partial charge in [-0.05, 0) is 54.4 Å². The number of carbonyl (C=O) groups is 1. The van der Waals surface area contributed by atoms with Gasteiger partial charge in [-0.2, -0.15) is 0 Å². The number of hydrogen-bond acceptors (Lipinski definition) is 4. The lowest BCUT2D eigenvalue weighted by Gasteiger charge is -2.11. The van der Waals surface area contributed by atoms with Crippen LogP contribution in [0.25, 0.3) is 0 Å². The van der Waals surface area contributed by atoms with Crippen LogP contribution in [-0.2, 0) is 6.42 Å². The first-order chi connectivity index (χ1) is 13.5. The molecule has 0 spiro atoms. The maximum absolute atomic E-state index is 12.9. The van der Waals surface area contributed by atoms with Crippen LogP contribution in [0.3, 0.4) is 0 Å². The van der Waals surface area contributed by atoms with Gasteiger partial charge in [0.05, 0.1) is 12.8 Å². The van der Waals surface area contributed by atoms with Gasteiger partial charge in [0.2, 0.25) is 0 Å². The molecule has 2 N–H and O–H groups in total. The number of halogens is 2. The van der Waals surface area contributed by atoms with Gasteiger partial charge in [0.15, 0.2) is 0 Å². The third-order valence-corrected chi connectivity index (χ3v) is 4.30. The number of amides is 1. The molecule has 3 rings (SSSR count). The van der Waals surface area contributed by atoms with Gasteiger partial charge in [-0.15, -0.1) is 0 Å². The van der Waals surface area contributed by atoms with Crippen molar-refractivity contribution in [3.63, 3.8) is 0 Å². The van der Waals surface area contributed by atoms with Crippen LogP contribution < -0.4 is 15.4 Å². The zero-order valence-electron chi connectivity index (χ0n) is 15.2. The van der Waals surface area contributed by atoms with Crippen molar-refractivity contribution in [3.8, 4) is 5.75 Å². The molecule has 3 aromatic rings. The summed E-state index contributed by atoms with van der Waals surface area (Å²) in [5.41, 5.74) is 1.94. The molecule has 144 valence electrons. The summed E-state index contributed by atoms with van der Waals surface area (Å²) in [5.74, 6) is 0.537. The van der Waals surface area contributed by atoms with E-state index in [1.54, 1.807) is 48.7 Å². The first-order valence-electron chi connectivity index (χ1n) is 8.64. The van der Waals surface area contributed by atoms with Gasteiger partial charge >= 0.3 is 0 Å². The molecule has 0 saturated heterocycles. The summed E-state index contributed by atoms with van der Waals surface area (Å²) in [6, 6.07) is 14.6. The highest BCUT2D eigenvalue weighted by atomic mass is 35.5. The Morgan fingerprint density at radius 3 is 2.68 bits per heavy atom. The average molecular weight is 400 g/mol. The summed E-state index contributed by atoms with van der Waals surface area (Å²) in [6.45, 7) is 0.603. The molecule has 0 fully saturated rings. The van der Waals surface area contributed by atoms with E-state index in [0.29, 0.717) is 40.8 Å². The van der Waals surface area contributed by atoms with E-state index in [9.17, 15) is 9.18 Å². The fraction of sp³-hybridized carbons (Fsp3) is 0.143. The fourth-order valence-corrected chi connectivity index (χ4v) is 2.80. The van der Waals surface area contributed by atoms with Crippen LogP contribution in [0.1, 0.15) is 15.9 Å². The number of ether oxygens (including phenoxy) is 1. The Morgan fingerprint density at radius 2 is 1.93 bits per heavy atom. The Morgan fingerprint density at radius 1 is 1.14 bits per heavy atom. The van der Waals surface area contributed by atoms with E-state index in [2.05, 4.69) is 15.6 Å². The minimum Gasteiger partial charge on any atom is -0.495 e. The number of rotatable bonds is 7. The number of nitrogens with zero attached hydrogens (tertiary/aromatic N) is 1. The molecule has 0 unspecified atom stereocenters. The molecule has 0 aliphatic carbocycles. The second kappa shape index (κ2) is 9.19. The van der Waals surface area contributed by atoms with Crippen molar-refractivity contribution in [2.45, 2.75) is 6.42 Å². The van der Waals surface area contributed by atoms with E-state index in [4.69, 9.17) is 16.3 Å². The molecule has 7 heteroatoms. The fourth-order valence-electron chi connectivity index (χ4n) is 2.63. The highest BCUT2D eigenvalue weighted by molar-refractivity contribution is 6.31. The van der Waals surface area contributed by atoms with Crippen LogP contribution in [-0.4, -0.2) is 24.5 Å². The zero-order valence-corrected chi connectivity index (χ0v) is 16.0. The Balaban J connectivity index is 1.63. The van der Waals surface area contributed by atoms with Crippen LogP contribution in [0.5, 0.6) is 5.75 Å². The first-order valence-corrected chi connectivity index (χ1v) is 9.02. The van der Waals surface area contributed by atoms with Crippen molar-refractivity contribution < 1.29 is 13.9 Å². The standard InChI is InChI=1S/C21H19ClFN3O2/c1-28-19-7-4-16(22)13-18(19)26-21(27)15-9-11-25-20(12-15)24-10-8-14-2-5-17(23)6-3-14/h2-7,9,11-13H,8,10H2,1H3,(H,24,25)(H,26,27). The number of methoxy groups -OCH3 is 1. The largest absolute Gasteiger partial charge is 0.495 e. The molecule has 0 aliphatic heterocycles. The molecule has 1 amide bonds. The van der Waals surface area contributed by atoms with E-state index < -0.39 is 0 Å². The topological polar surface area (TPSA) is 63.2 Å². The Hall–Kier alpha value is -3.12. The molecule has 28 heavy (non-hydrogen) atoms. The predicted octanol–water partition coefficient (Wildman–Crippen LogP) is 4.79. The van der Waals surface area contributed by atoms with E-state index in [1.807, 2.05) is 0 Å². The van der Waals surface area contributed by atoms with Gasteiger partial charge in [-0.25, -0.2) is 9.37 Å². The third kappa shape index (κ3) is 5.20. The Labute approximate surface area is 167 Å². The van der Waals surface area contributed by atoms with E-state index >= 15 is 0 Å². The van der Waals surface area contributed by atoms with Gasteiger partial charge in [0, 0.05) is 23.3 Å². The molecular formula is C21H19ClFN3O2. The highest BCUT2D eigenvalue weighted by Gasteiger charge is 2.11. The van der Waals surface area contributed by atoms with Crippen molar-refractivity contribution in [2.24, 2.45) is 0 Å². The number of pyridine rings is 1. The molecule has 1 aromatic heterocycles. The summed E-state index contributed by atoms with van der Waals surface area (Å²) < 4.78 is 18.2. The number of carbonyl (C=O) groups excluding carboxylic acids is 1. The molecule has 0 saturated carbocycles. The van der Waals surface area contributed by atoms with Crippen molar-refractivity contribution in [1.29, 1.82) is 0 Å². The van der Waals surface area contributed by atoms with Gasteiger partial charge in [-0.1, -0.05) is 23.7 Å². The molecule has 0 bridgehead atoms. The van der Waals surface area contributed by atoms with Crippen molar-refractivity contribution in [1.82, 2.24) is 4.98 Å². The number of hydrogen-bond donors (Lipinski definition) is 2. The minimum atomic E-state index is -0.301. The van der Waals surface area contributed by atoms with Gasteiger partial charge in [0.1, 0.15) is 17.4 Å². The summed E-state index contributed by atoms with van der Waals surface area (Å²) in [6.07, 6.45) is 2.27. The molecule has 1 heterocycles. The first kappa shape index (κ1) is 19.6. The van der Waals surface area contributed by atoms with Crippen molar-refractivity contribution >= 4 is 29.0 Å². The predicted molar refractivity (Wildman–Crippen MR) is 109 cm³/mol. The average Bonchev–Trinajstić information content (AvgIpc) is 2.70. The van der Waals surface area contributed by atoms with Gasteiger partial charge in [-0.3, -0.25) is 4.79 Å². The maximum atomic E-state index is 12.9. The number of anilines is 2. The van der Waals surface area contributed by atoms with Crippen molar-refractivity contribution in [2.75, 3.05) is 24.3 Å². The summed E-state index contributed by atoms with van der Waals surface area (Å²) in [4.78, 5) is 16.8. The maximum Gasteiger partial charge on any atom is 0.255 e. The lowest BCUT2D eigenvalue weighted by molar-refractivity contribution is 0.102. The molecule has 2 aromatic carbocycles. The quantitative estimate of drug-likeness (QED) is 0.599. The van der Waals surface area contributed by atoms with E-state index in [0.717, 1.165) is 5.56 Å². The van der Waals surface area contributed by atoms with Crippen LogP contribution in [0.4, 0.5) is 15.9 Å². The van der Waals surface area contributed by atoms with E-state index in [1.165, 1.54) is 19.2 Å². The minimum absolute atomic E-state index is 0.256. The van der Waals surface area contributed by atoms with Crippen LogP contribution in [0, 0.1) is 5.82 Å². The second-order valence-electron chi connectivity index (χ2n) is 6.03. The van der Waals surface area contributed by atoms with Gasteiger partial charge < -0.3 is 15.4 Å². The second-order valence-corrected chi connectivity index (χ2v) is 6.47.